The molecule has 0 saturated heterocycles. The number of rotatable bonds is 4. The summed E-state index contributed by atoms with van der Waals surface area (Å²) in [5.41, 5.74) is 4.92. The second-order valence-corrected chi connectivity index (χ2v) is 4.92. The van der Waals surface area contributed by atoms with Crippen LogP contribution in [0.3, 0.4) is 0 Å². The van der Waals surface area contributed by atoms with Crippen LogP contribution >= 0.6 is 0 Å². The van der Waals surface area contributed by atoms with Gasteiger partial charge in [-0.15, -0.1) is 0 Å². The summed E-state index contributed by atoms with van der Waals surface area (Å²) in [6.07, 6.45) is 0. The number of hydrogen-bond donors (Lipinski definition) is 1. The lowest BCUT2D eigenvalue weighted by Gasteiger charge is -2.14. The average Bonchev–Trinajstić information content (AvgIpc) is 2.44. The highest BCUT2D eigenvalue weighted by molar-refractivity contribution is 5.73. The zero-order chi connectivity index (χ0) is 14.7. The number of methoxy groups -OCH3 is 1. The fourth-order valence-corrected chi connectivity index (χ4v) is 2.35. The fourth-order valence-electron chi connectivity index (χ4n) is 2.35. The molecule has 0 radical (unpaired) electrons. The fraction of sp³-hybridized carbons (Fsp3) is 0.294. The van der Waals surface area contributed by atoms with Crippen LogP contribution in [0.4, 0.5) is 4.39 Å². The summed E-state index contributed by atoms with van der Waals surface area (Å²) in [5, 5.41) is 2.98. The van der Waals surface area contributed by atoms with Gasteiger partial charge in [0.25, 0.3) is 0 Å². The van der Waals surface area contributed by atoms with E-state index in [0.29, 0.717) is 12.1 Å². The number of ether oxygens (including phenoxy) is 1. The average molecular weight is 273 g/mol. The molecule has 106 valence electrons. The Kier molecular flexibility index (Phi) is 4.40. The van der Waals surface area contributed by atoms with E-state index in [4.69, 9.17) is 4.74 Å². The molecule has 0 aliphatic heterocycles. The van der Waals surface area contributed by atoms with E-state index in [0.717, 1.165) is 22.4 Å². The lowest BCUT2D eigenvalue weighted by Crippen LogP contribution is -2.07. The molecule has 0 fully saturated rings. The molecule has 0 spiro atoms. The lowest BCUT2D eigenvalue weighted by molar-refractivity contribution is 0.413. The highest BCUT2D eigenvalue weighted by Crippen LogP contribution is 2.35. The number of hydrogen-bond acceptors (Lipinski definition) is 2. The first-order chi connectivity index (χ1) is 9.58. The predicted octanol–water partition coefficient (Wildman–Crippen LogP) is 3.84. The van der Waals surface area contributed by atoms with Crippen molar-refractivity contribution >= 4 is 0 Å². The molecule has 0 aromatic heterocycles. The van der Waals surface area contributed by atoms with Gasteiger partial charge in [-0.25, -0.2) is 4.39 Å². The SMILES string of the molecule is CNCc1cc(-c2ccc(C)c(C)c2OC)ccc1F. The third-order valence-electron chi connectivity index (χ3n) is 3.60. The van der Waals surface area contributed by atoms with Crippen molar-refractivity contribution in [2.45, 2.75) is 20.4 Å². The molecule has 0 atom stereocenters. The molecular weight excluding hydrogens is 253 g/mol. The molecule has 0 bridgehead atoms. The Bertz CT molecular complexity index is 623. The molecule has 0 heterocycles. The number of benzene rings is 2. The van der Waals surface area contributed by atoms with Gasteiger partial charge in [0.05, 0.1) is 7.11 Å². The van der Waals surface area contributed by atoms with Gasteiger partial charge in [-0.3, -0.25) is 0 Å². The van der Waals surface area contributed by atoms with E-state index in [-0.39, 0.29) is 5.82 Å². The first-order valence-corrected chi connectivity index (χ1v) is 6.66. The topological polar surface area (TPSA) is 21.3 Å². The van der Waals surface area contributed by atoms with Crippen LogP contribution in [0.5, 0.6) is 5.75 Å². The smallest absolute Gasteiger partial charge is 0.129 e. The summed E-state index contributed by atoms with van der Waals surface area (Å²) in [5.74, 6) is 0.665. The van der Waals surface area contributed by atoms with Gasteiger partial charge in [-0.2, -0.15) is 0 Å². The zero-order valence-corrected chi connectivity index (χ0v) is 12.4. The maximum atomic E-state index is 13.7. The standard InChI is InChI=1S/C17H20FNO/c1-11-5-7-15(17(20-4)12(11)2)13-6-8-16(18)14(9-13)10-19-3/h5-9,19H,10H2,1-4H3. The van der Waals surface area contributed by atoms with Crippen molar-refractivity contribution < 1.29 is 9.13 Å². The predicted molar refractivity (Wildman–Crippen MR) is 80.6 cm³/mol. The zero-order valence-electron chi connectivity index (χ0n) is 12.4. The maximum Gasteiger partial charge on any atom is 0.129 e. The molecule has 2 rings (SSSR count). The van der Waals surface area contributed by atoms with Crippen LogP contribution in [0.2, 0.25) is 0 Å². The largest absolute Gasteiger partial charge is 0.496 e. The van der Waals surface area contributed by atoms with E-state index >= 15 is 0 Å². The van der Waals surface area contributed by atoms with Crippen LogP contribution in [-0.4, -0.2) is 14.2 Å². The monoisotopic (exact) mass is 273 g/mol. The van der Waals surface area contributed by atoms with E-state index in [1.807, 2.05) is 26.1 Å². The van der Waals surface area contributed by atoms with Crippen LogP contribution in [0, 0.1) is 19.7 Å². The normalized spacial score (nSPS) is 10.7. The van der Waals surface area contributed by atoms with E-state index in [2.05, 4.69) is 18.3 Å². The second kappa shape index (κ2) is 6.06. The van der Waals surface area contributed by atoms with Crippen molar-refractivity contribution in [3.05, 3.63) is 52.8 Å². The Morgan fingerprint density at radius 2 is 1.90 bits per heavy atom. The van der Waals surface area contributed by atoms with Crippen LogP contribution < -0.4 is 10.1 Å². The molecule has 0 aliphatic rings. The maximum absolute atomic E-state index is 13.7. The van der Waals surface area contributed by atoms with Gasteiger partial charge in [0.15, 0.2) is 0 Å². The molecule has 20 heavy (non-hydrogen) atoms. The Balaban J connectivity index is 2.57. The second-order valence-electron chi connectivity index (χ2n) is 4.92. The first-order valence-electron chi connectivity index (χ1n) is 6.66. The number of aryl methyl sites for hydroxylation is 1. The Hall–Kier alpha value is -1.87. The Morgan fingerprint density at radius 3 is 2.55 bits per heavy atom. The minimum Gasteiger partial charge on any atom is -0.496 e. The summed E-state index contributed by atoms with van der Waals surface area (Å²) in [7, 11) is 3.48. The summed E-state index contributed by atoms with van der Waals surface area (Å²) in [6, 6.07) is 9.27. The molecule has 1 N–H and O–H groups in total. The van der Waals surface area contributed by atoms with Crippen LogP contribution in [0.25, 0.3) is 11.1 Å². The molecule has 3 heteroatoms. The third-order valence-corrected chi connectivity index (χ3v) is 3.60. The molecule has 0 aliphatic carbocycles. The third kappa shape index (κ3) is 2.68. The summed E-state index contributed by atoms with van der Waals surface area (Å²) in [6.45, 7) is 4.60. The quantitative estimate of drug-likeness (QED) is 0.914. The molecule has 0 amide bonds. The molecular formula is C17H20FNO. The lowest BCUT2D eigenvalue weighted by atomic mass is 9.97. The van der Waals surface area contributed by atoms with Crippen LogP contribution in [0.1, 0.15) is 16.7 Å². The van der Waals surface area contributed by atoms with Gasteiger partial charge in [-0.1, -0.05) is 18.2 Å². The van der Waals surface area contributed by atoms with Crippen LogP contribution in [-0.2, 0) is 6.54 Å². The van der Waals surface area contributed by atoms with Gasteiger partial charge in [0.1, 0.15) is 11.6 Å². The van der Waals surface area contributed by atoms with Gasteiger partial charge >= 0.3 is 0 Å². The highest BCUT2D eigenvalue weighted by atomic mass is 19.1. The van der Waals surface area contributed by atoms with Crippen molar-refractivity contribution in [1.82, 2.24) is 5.32 Å². The van der Waals surface area contributed by atoms with Gasteiger partial charge in [0, 0.05) is 17.7 Å². The van der Waals surface area contributed by atoms with Crippen molar-refractivity contribution in [2.75, 3.05) is 14.2 Å². The molecule has 2 aromatic carbocycles. The van der Waals surface area contributed by atoms with Crippen molar-refractivity contribution in [3.63, 3.8) is 0 Å². The van der Waals surface area contributed by atoms with E-state index in [9.17, 15) is 4.39 Å². The van der Waals surface area contributed by atoms with Gasteiger partial charge in [0.2, 0.25) is 0 Å². The molecule has 0 saturated carbocycles. The van der Waals surface area contributed by atoms with Gasteiger partial charge < -0.3 is 10.1 Å². The number of halogens is 1. The molecule has 0 unspecified atom stereocenters. The first kappa shape index (κ1) is 14.5. The number of nitrogens with one attached hydrogen (secondary N) is 1. The van der Waals surface area contributed by atoms with E-state index < -0.39 is 0 Å². The summed E-state index contributed by atoms with van der Waals surface area (Å²) in [4.78, 5) is 0. The van der Waals surface area contributed by atoms with Crippen molar-refractivity contribution in [2.24, 2.45) is 0 Å². The summed E-state index contributed by atoms with van der Waals surface area (Å²) >= 11 is 0. The molecule has 2 aromatic rings. The van der Waals surface area contributed by atoms with Crippen molar-refractivity contribution in [1.29, 1.82) is 0 Å². The van der Waals surface area contributed by atoms with Crippen molar-refractivity contribution in [3.8, 4) is 16.9 Å². The Labute approximate surface area is 119 Å². The minimum absolute atomic E-state index is 0.189. The van der Waals surface area contributed by atoms with Crippen LogP contribution in [0.15, 0.2) is 30.3 Å². The van der Waals surface area contributed by atoms with E-state index in [1.54, 1.807) is 13.2 Å². The molecule has 2 nitrogen and oxygen atoms in total. The highest BCUT2D eigenvalue weighted by Gasteiger charge is 2.12. The van der Waals surface area contributed by atoms with Gasteiger partial charge in [-0.05, 0) is 49.7 Å². The minimum atomic E-state index is -0.189. The van der Waals surface area contributed by atoms with E-state index in [1.165, 1.54) is 11.6 Å². The Morgan fingerprint density at radius 1 is 1.15 bits per heavy atom. The summed E-state index contributed by atoms with van der Waals surface area (Å²) < 4.78 is 19.3.